The first-order valence-corrected chi connectivity index (χ1v) is 4.34. The number of hydrogen-bond donors (Lipinski definition) is 1. The Balaban J connectivity index is 2.85. The maximum absolute atomic E-state index is 8.52. The fraction of sp³-hybridized carbons (Fsp3) is 0.300. The Labute approximate surface area is 82.6 Å². The zero-order chi connectivity index (χ0) is 9.68. The van der Waals surface area contributed by atoms with Crippen LogP contribution in [0, 0.1) is 18.8 Å². The fourth-order valence-corrected chi connectivity index (χ4v) is 1.07. The van der Waals surface area contributed by atoms with Gasteiger partial charge in [0.2, 0.25) is 0 Å². The minimum absolute atomic E-state index is 0.0903. The summed E-state index contributed by atoms with van der Waals surface area (Å²) < 4.78 is 0. The van der Waals surface area contributed by atoms with Crippen LogP contribution in [0.1, 0.15) is 17.7 Å². The molecule has 2 nitrogen and oxygen atoms in total. The quantitative estimate of drug-likeness (QED) is 0.548. The molecule has 68 valence electrons. The number of nitrogens with zero attached hydrogens (tertiary/aromatic N) is 1. The van der Waals surface area contributed by atoms with Crippen LogP contribution in [0.2, 0.25) is 5.15 Å². The van der Waals surface area contributed by atoms with Crippen LogP contribution in [-0.4, -0.2) is 16.7 Å². The summed E-state index contributed by atoms with van der Waals surface area (Å²) in [6, 6.07) is 3.53. The molecule has 1 aromatic rings. The summed E-state index contributed by atoms with van der Waals surface area (Å²) in [5, 5.41) is 9.00. The first-order valence-electron chi connectivity index (χ1n) is 3.97. The summed E-state index contributed by atoms with van der Waals surface area (Å²) in [6.07, 6.45) is 0.488. The summed E-state index contributed by atoms with van der Waals surface area (Å²) in [6.45, 7) is 1.95. The molecular weight excluding hydrogens is 186 g/mol. The van der Waals surface area contributed by atoms with Gasteiger partial charge in [-0.1, -0.05) is 23.4 Å². The first kappa shape index (κ1) is 10.0. The molecule has 0 atom stereocenters. The van der Waals surface area contributed by atoms with Crippen LogP contribution in [0.25, 0.3) is 0 Å². The van der Waals surface area contributed by atoms with E-state index in [-0.39, 0.29) is 6.61 Å². The van der Waals surface area contributed by atoms with Crippen molar-refractivity contribution < 1.29 is 5.11 Å². The Kier molecular flexibility index (Phi) is 3.75. The van der Waals surface area contributed by atoms with Crippen LogP contribution in [0.5, 0.6) is 0 Å². The summed E-state index contributed by atoms with van der Waals surface area (Å²) in [5.41, 5.74) is 1.68. The topological polar surface area (TPSA) is 33.1 Å². The molecule has 0 aromatic carbocycles. The van der Waals surface area contributed by atoms with E-state index in [0.29, 0.717) is 11.6 Å². The summed E-state index contributed by atoms with van der Waals surface area (Å²) in [7, 11) is 0. The van der Waals surface area contributed by atoms with E-state index in [2.05, 4.69) is 16.8 Å². The molecule has 0 saturated carbocycles. The SMILES string of the molecule is Cc1nc(Cl)ccc1C#CCCO. The van der Waals surface area contributed by atoms with Gasteiger partial charge in [-0.25, -0.2) is 4.98 Å². The Morgan fingerprint density at radius 3 is 2.92 bits per heavy atom. The molecule has 3 heteroatoms. The molecular formula is C10H10ClNO. The van der Waals surface area contributed by atoms with E-state index < -0.39 is 0 Å². The van der Waals surface area contributed by atoms with Crippen LogP contribution in [-0.2, 0) is 0 Å². The Morgan fingerprint density at radius 1 is 1.54 bits per heavy atom. The highest BCUT2D eigenvalue weighted by Crippen LogP contribution is 2.09. The third-order valence-corrected chi connectivity index (χ3v) is 1.72. The van der Waals surface area contributed by atoms with Gasteiger partial charge < -0.3 is 5.11 Å². The molecule has 1 aromatic heterocycles. The number of aliphatic hydroxyl groups excluding tert-OH is 1. The lowest BCUT2D eigenvalue weighted by molar-refractivity contribution is 0.305. The molecule has 0 saturated heterocycles. The van der Waals surface area contributed by atoms with Crippen molar-refractivity contribution in [1.82, 2.24) is 4.98 Å². The maximum Gasteiger partial charge on any atom is 0.129 e. The molecule has 0 aliphatic heterocycles. The zero-order valence-corrected chi connectivity index (χ0v) is 8.10. The van der Waals surface area contributed by atoms with Crippen LogP contribution in [0.3, 0.4) is 0 Å². The third kappa shape index (κ3) is 3.06. The van der Waals surface area contributed by atoms with E-state index in [4.69, 9.17) is 16.7 Å². The minimum atomic E-state index is 0.0903. The smallest absolute Gasteiger partial charge is 0.129 e. The molecule has 0 unspecified atom stereocenters. The molecule has 0 fully saturated rings. The number of aryl methyl sites for hydroxylation is 1. The molecule has 1 N–H and O–H groups in total. The van der Waals surface area contributed by atoms with Crippen molar-refractivity contribution in [3.63, 3.8) is 0 Å². The minimum Gasteiger partial charge on any atom is -0.395 e. The van der Waals surface area contributed by atoms with Crippen LogP contribution in [0.4, 0.5) is 0 Å². The number of halogens is 1. The van der Waals surface area contributed by atoms with Crippen LogP contribution in [0.15, 0.2) is 12.1 Å². The molecule has 0 aliphatic rings. The predicted octanol–water partition coefficient (Wildman–Crippen LogP) is 1.78. The van der Waals surface area contributed by atoms with Gasteiger partial charge in [0.1, 0.15) is 5.15 Å². The van der Waals surface area contributed by atoms with Gasteiger partial charge in [-0.2, -0.15) is 0 Å². The van der Waals surface area contributed by atoms with Gasteiger partial charge in [0, 0.05) is 12.0 Å². The summed E-state index contributed by atoms with van der Waals surface area (Å²) in [5.74, 6) is 5.74. The molecule has 0 amide bonds. The van der Waals surface area contributed by atoms with Crippen molar-refractivity contribution in [3.8, 4) is 11.8 Å². The standard InChI is InChI=1S/C10H10ClNO/c1-8-9(4-2-3-7-13)5-6-10(11)12-8/h5-6,13H,3,7H2,1H3. The Hall–Kier alpha value is -1.04. The molecule has 0 radical (unpaired) electrons. The van der Waals surface area contributed by atoms with Gasteiger partial charge in [0.05, 0.1) is 12.3 Å². The van der Waals surface area contributed by atoms with Crippen molar-refractivity contribution in [2.24, 2.45) is 0 Å². The number of hydrogen-bond acceptors (Lipinski definition) is 2. The normalized spacial score (nSPS) is 9.15. The molecule has 1 heterocycles. The van der Waals surface area contributed by atoms with Gasteiger partial charge >= 0.3 is 0 Å². The average Bonchev–Trinajstić information content (AvgIpc) is 2.09. The molecule has 13 heavy (non-hydrogen) atoms. The molecule has 0 bridgehead atoms. The fourth-order valence-electron chi connectivity index (χ4n) is 0.876. The van der Waals surface area contributed by atoms with Gasteiger partial charge in [-0.05, 0) is 19.1 Å². The second-order valence-corrected chi connectivity index (χ2v) is 2.93. The molecule has 1 rings (SSSR count). The van der Waals surface area contributed by atoms with E-state index >= 15 is 0 Å². The van der Waals surface area contributed by atoms with Crippen molar-refractivity contribution in [2.45, 2.75) is 13.3 Å². The lowest BCUT2D eigenvalue weighted by Gasteiger charge is -1.96. The number of rotatable bonds is 1. The molecule has 0 aliphatic carbocycles. The van der Waals surface area contributed by atoms with E-state index in [1.54, 1.807) is 6.07 Å². The Bertz CT molecular complexity index is 352. The van der Waals surface area contributed by atoms with Crippen LogP contribution >= 0.6 is 11.6 Å². The maximum atomic E-state index is 8.52. The van der Waals surface area contributed by atoms with Gasteiger partial charge in [0.25, 0.3) is 0 Å². The largest absolute Gasteiger partial charge is 0.395 e. The second-order valence-electron chi connectivity index (χ2n) is 2.54. The van der Waals surface area contributed by atoms with Gasteiger partial charge in [-0.15, -0.1) is 0 Å². The lowest BCUT2D eigenvalue weighted by Crippen LogP contribution is -1.87. The average molecular weight is 196 g/mol. The van der Waals surface area contributed by atoms with Gasteiger partial charge in [-0.3, -0.25) is 0 Å². The number of aromatic nitrogens is 1. The Morgan fingerprint density at radius 2 is 2.31 bits per heavy atom. The summed E-state index contributed by atoms with van der Waals surface area (Å²) >= 11 is 5.68. The predicted molar refractivity (Wildman–Crippen MR) is 52.6 cm³/mol. The van der Waals surface area contributed by atoms with Crippen molar-refractivity contribution >= 4 is 11.6 Å². The van der Waals surface area contributed by atoms with Gasteiger partial charge in [0.15, 0.2) is 0 Å². The highest BCUT2D eigenvalue weighted by Gasteiger charge is 1.95. The first-order chi connectivity index (χ1) is 6.24. The van der Waals surface area contributed by atoms with E-state index in [1.165, 1.54) is 0 Å². The van der Waals surface area contributed by atoms with Crippen molar-refractivity contribution in [3.05, 3.63) is 28.5 Å². The second kappa shape index (κ2) is 4.86. The van der Waals surface area contributed by atoms with Crippen LogP contribution < -0.4 is 0 Å². The summed E-state index contributed by atoms with van der Waals surface area (Å²) in [4.78, 5) is 4.05. The van der Waals surface area contributed by atoms with Crippen molar-refractivity contribution in [2.75, 3.05) is 6.61 Å². The zero-order valence-electron chi connectivity index (χ0n) is 7.34. The highest BCUT2D eigenvalue weighted by molar-refractivity contribution is 6.29. The monoisotopic (exact) mass is 195 g/mol. The van der Waals surface area contributed by atoms with Crippen molar-refractivity contribution in [1.29, 1.82) is 0 Å². The molecule has 0 spiro atoms. The highest BCUT2D eigenvalue weighted by atomic mass is 35.5. The lowest BCUT2D eigenvalue weighted by atomic mass is 10.2. The third-order valence-electron chi connectivity index (χ3n) is 1.51. The van der Waals surface area contributed by atoms with E-state index in [0.717, 1.165) is 11.3 Å². The van der Waals surface area contributed by atoms with E-state index in [1.807, 2.05) is 13.0 Å². The van der Waals surface area contributed by atoms with E-state index in [9.17, 15) is 0 Å². The number of aliphatic hydroxyl groups is 1. The number of pyridine rings is 1.